The number of methoxy groups -OCH3 is 1. The van der Waals surface area contributed by atoms with Crippen LogP contribution in [0, 0.1) is 12.8 Å². The van der Waals surface area contributed by atoms with E-state index in [1.165, 1.54) is 7.11 Å². The zero-order chi connectivity index (χ0) is 16.0. The summed E-state index contributed by atoms with van der Waals surface area (Å²) in [5.74, 6) is -0.589. The summed E-state index contributed by atoms with van der Waals surface area (Å²) in [6.07, 6.45) is 0.993. The number of hydrogen-bond donors (Lipinski definition) is 1. The highest BCUT2D eigenvalue weighted by Crippen LogP contribution is 2.16. The Hall–Kier alpha value is -1.55. The summed E-state index contributed by atoms with van der Waals surface area (Å²) < 4.78 is 4.75. The Morgan fingerprint density at radius 2 is 2.05 bits per heavy atom. The zero-order valence-electron chi connectivity index (χ0n) is 12.9. The lowest BCUT2D eigenvalue weighted by atomic mass is 9.98. The predicted molar refractivity (Wildman–Crippen MR) is 83.3 cm³/mol. The predicted octanol–water partition coefficient (Wildman–Crippen LogP) is 2.89. The van der Waals surface area contributed by atoms with Gasteiger partial charge in [0.1, 0.15) is 6.04 Å². The molecule has 1 aromatic carbocycles. The molecule has 4 nitrogen and oxygen atoms in total. The molecule has 0 bridgehead atoms. The van der Waals surface area contributed by atoms with E-state index in [2.05, 4.69) is 5.32 Å². The van der Waals surface area contributed by atoms with Crippen LogP contribution >= 0.6 is 11.6 Å². The van der Waals surface area contributed by atoms with Crippen LogP contribution < -0.4 is 5.32 Å². The van der Waals surface area contributed by atoms with Crippen molar-refractivity contribution in [3.05, 3.63) is 34.3 Å². The number of amides is 1. The Balaban J connectivity index is 2.76. The average Bonchev–Trinajstić information content (AvgIpc) is 2.46. The SMILES string of the molecule is CC[C@H](C)[C@H](NC(=O)Cc1ccc(Cl)cc1C)C(=O)OC. The van der Waals surface area contributed by atoms with Gasteiger partial charge in [-0.3, -0.25) is 4.79 Å². The van der Waals surface area contributed by atoms with Crippen LogP contribution in [0.1, 0.15) is 31.4 Å². The minimum absolute atomic E-state index is 0.0210. The molecular formula is C16H22ClNO3. The number of esters is 1. The van der Waals surface area contributed by atoms with E-state index in [4.69, 9.17) is 16.3 Å². The van der Waals surface area contributed by atoms with Crippen molar-refractivity contribution in [2.45, 2.75) is 39.7 Å². The summed E-state index contributed by atoms with van der Waals surface area (Å²) in [4.78, 5) is 23.9. The smallest absolute Gasteiger partial charge is 0.328 e. The molecule has 0 heterocycles. The maximum atomic E-state index is 12.1. The highest BCUT2D eigenvalue weighted by molar-refractivity contribution is 6.30. The van der Waals surface area contributed by atoms with E-state index in [0.717, 1.165) is 17.5 Å². The van der Waals surface area contributed by atoms with Gasteiger partial charge in [0.2, 0.25) is 5.91 Å². The fraction of sp³-hybridized carbons (Fsp3) is 0.500. The van der Waals surface area contributed by atoms with Gasteiger partial charge < -0.3 is 10.1 Å². The number of nitrogens with one attached hydrogen (secondary N) is 1. The maximum absolute atomic E-state index is 12.1. The van der Waals surface area contributed by atoms with E-state index >= 15 is 0 Å². The van der Waals surface area contributed by atoms with Gasteiger partial charge in [-0.1, -0.05) is 37.9 Å². The highest BCUT2D eigenvalue weighted by Gasteiger charge is 2.26. The summed E-state index contributed by atoms with van der Waals surface area (Å²) in [5.41, 5.74) is 1.85. The van der Waals surface area contributed by atoms with Crippen LogP contribution in [-0.4, -0.2) is 25.0 Å². The fourth-order valence-corrected chi connectivity index (χ4v) is 2.28. The Morgan fingerprint density at radius 1 is 1.38 bits per heavy atom. The molecule has 21 heavy (non-hydrogen) atoms. The second kappa shape index (κ2) is 8.03. The molecule has 0 fully saturated rings. The molecule has 1 N–H and O–H groups in total. The second-order valence-electron chi connectivity index (χ2n) is 5.20. The highest BCUT2D eigenvalue weighted by atomic mass is 35.5. The first-order valence-corrected chi connectivity index (χ1v) is 7.39. The molecule has 0 saturated heterocycles. The number of rotatable bonds is 6. The molecule has 116 valence electrons. The minimum Gasteiger partial charge on any atom is -0.467 e. The molecule has 1 rings (SSSR count). The van der Waals surface area contributed by atoms with E-state index in [1.807, 2.05) is 32.9 Å². The molecule has 0 unspecified atom stereocenters. The van der Waals surface area contributed by atoms with Crippen molar-refractivity contribution in [3.8, 4) is 0 Å². The van der Waals surface area contributed by atoms with Gasteiger partial charge in [0, 0.05) is 5.02 Å². The normalized spacial score (nSPS) is 13.4. The van der Waals surface area contributed by atoms with Gasteiger partial charge in [0.25, 0.3) is 0 Å². The zero-order valence-corrected chi connectivity index (χ0v) is 13.7. The lowest BCUT2D eigenvalue weighted by Gasteiger charge is -2.22. The molecule has 1 amide bonds. The first kappa shape index (κ1) is 17.5. The van der Waals surface area contributed by atoms with Gasteiger partial charge >= 0.3 is 5.97 Å². The van der Waals surface area contributed by atoms with Crippen molar-refractivity contribution in [3.63, 3.8) is 0 Å². The van der Waals surface area contributed by atoms with Crippen LogP contribution in [0.4, 0.5) is 0 Å². The van der Waals surface area contributed by atoms with Crippen molar-refractivity contribution in [2.24, 2.45) is 5.92 Å². The fourth-order valence-electron chi connectivity index (χ4n) is 2.05. The number of halogens is 1. The Kier molecular flexibility index (Phi) is 6.69. The lowest BCUT2D eigenvalue weighted by molar-refractivity contribution is -0.146. The summed E-state index contributed by atoms with van der Waals surface area (Å²) in [5, 5.41) is 3.40. The third-order valence-corrected chi connectivity index (χ3v) is 3.88. The Bertz CT molecular complexity index is 516. The van der Waals surface area contributed by atoms with Crippen LogP contribution in [0.15, 0.2) is 18.2 Å². The molecule has 0 aliphatic heterocycles. The number of benzene rings is 1. The van der Waals surface area contributed by atoms with E-state index in [0.29, 0.717) is 5.02 Å². The number of carbonyl (C=O) groups is 2. The molecule has 0 spiro atoms. The molecule has 0 radical (unpaired) electrons. The molecule has 0 aromatic heterocycles. The molecule has 0 aliphatic carbocycles. The third kappa shape index (κ3) is 5.05. The maximum Gasteiger partial charge on any atom is 0.328 e. The van der Waals surface area contributed by atoms with Gasteiger partial charge in [-0.25, -0.2) is 4.79 Å². The molecule has 0 aliphatic rings. The van der Waals surface area contributed by atoms with Crippen molar-refractivity contribution >= 4 is 23.5 Å². The summed E-state index contributed by atoms with van der Waals surface area (Å²) in [6.45, 7) is 5.78. The van der Waals surface area contributed by atoms with Crippen LogP contribution in [0.2, 0.25) is 5.02 Å². The Morgan fingerprint density at radius 3 is 2.57 bits per heavy atom. The second-order valence-corrected chi connectivity index (χ2v) is 5.64. The van der Waals surface area contributed by atoms with Crippen molar-refractivity contribution in [2.75, 3.05) is 7.11 Å². The van der Waals surface area contributed by atoms with Crippen LogP contribution in [0.3, 0.4) is 0 Å². The first-order valence-electron chi connectivity index (χ1n) is 7.01. The largest absolute Gasteiger partial charge is 0.467 e. The average molecular weight is 312 g/mol. The van der Waals surface area contributed by atoms with Crippen molar-refractivity contribution < 1.29 is 14.3 Å². The van der Waals surface area contributed by atoms with Crippen molar-refractivity contribution in [1.29, 1.82) is 0 Å². The van der Waals surface area contributed by atoms with E-state index < -0.39 is 12.0 Å². The topological polar surface area (TPSA) is 55.4 Å². The number of ether oxygens (including phenoxy) is 1. The summed E-state index contributed by atoms with van der Waals surface area (Å²) in [7, 11) is 1.33. The standard InChI is InChI=1S/C16H22ClNO3/c1-5-10(2)15(16(20)21-4)18-14(19)9-12-6-7-13(17)8-11(12)3/h6-8,10,15H,5,9H2,1-4H3,(H,18,19)/t10-,15-/m0/s1. The molecule has 0 saturated carbocycles. The van der Waals surface area contributed by atoms with Crippen LogP contribution in [-0.2, 0) is 20.7 Å². The minimum atomic E-state index is -0.611. The summed E-state index contributed by atoms with van der Waals surface area (Å²) >= 11 is 5.90. The van der Waals surface area contributed by atoms with Gasteiger partial charge in [-0.15, -0.1) is 0 Å². The summed E-state index contributed by atoms with van der Waals surface area (Å²) in [6, 6.07) is 4.79. The monoisotopic (exact) mass is 311 g/mol. The first-order chi connectivity index (χ1) is 9.88. The molecular weight excluding hydrogens is 290 g/mol. The van der Waals surface area contributed by atoms with Gasteiger partial charge in [0.15, 0.2) is 0 Å². The van der Waals surface area contributed by atoms with E-state index in [-0.39, 0.29) is 18.2 Å². The van der Waals surface area contributed by atoms with Crippen LogP contribution in [0.5, 0.6) is 0 Å². The van der Waals surface area contributed by atoms with E-state index in [1.54, 1.807) is 6.07 Å². The van der Waals surface area contributed by atoms with Gasteiger partial charge in [0.05, 0.1) is 13.5 Å². The third-order valence-electron chi connectivity index (χ3n) is 3.64. The molecule has 1 aromatic rings. The Labute approximate surface area is 130 Å². The number of aryl methyl sites for hydroxylation is 1. The quantitative estimate of drug-likeness (QED) is 0.822. The van der Waals surface area contributed by atoms with Gasteiger partial charge in [-0.2, -0.15) is 0 Å². The molecule has 5 heteroatoms. The molecule has 2 atom stereocenters. The lowest BCUT2D eigenvalue weighted by Crippen LogP contribution is -2.46. The van der Waals surface area contributed by atoms with Crippen LogP contribution in [0.25, 0.3) is 0 Å². The van der Waals surface area contributed by atoms with Crippen molar-refractivity contribution in [1.82, 2.24) is 5.32 Å². The van der Waals surface area contributed by atoms with Gasteiger partial charge in [-0.05, 0) is 36.1 Å². The number of hydrogen-bond acceptors (Lipinski definition) is 3. The van der Waals surface area contributed by atoms with E-state index in [9.17, 15) is 9.59 Å². The number of carbonyl (C=O) groups excluding carboxylic acids is 2.